The van der Waals surface area contributed by atoms with Gasteiger partial charge in [0.25, 0.3) is 5.91 Å². The lowest BCUT2D eigenvalue weighted by atomic mass is 9.85. The molecule has 1 amide bonds. The number of rotatable bonds is 3. The van der Waals surface area contributed by atoms with Crippen LogP contribution in [-0.4, -0.2) is 44.8 Å². The molecule has 1 saturated heterocycles. The topological polar surface area (TPSA) is 66.3 Å². The molecule has 2 heterocycles. The second-order valence-corrected chi connectivity index (χ2v) is 6.77. The Labute approximate surface area is 142 Å². The fraction of sp³-hybridized carbons (Fsp3) is 0.421. The van der Waals surface area contributed by atoms with Gasteiger partial charge in [-0.25, -0.2) is 0 Å². The maximum atomic E-state index is 12.5. The molecule has 1 N–H and O–H groups in total. The number of hydrogen-bond donors (Lipinski definition) is 1. The maximum Gasteiger partial charge on any atom is 0.255 e. The Hall–Kier alpha value is -2.27. The van der Waals surface area contributed by atoms with E-state index in [4.69, 9.17) is 0 Å². The molecule has 0 unspecified atom stereocenters. The minimum Gasteiger partial charge on any atom is -0.389 e. The summed E-state index contributed by atoms with van der Waals surface area (Å²) in [5.74, 6) is -0.0365. The first-order valence-corrected chi connectivity index (χ1v) is 8.32. The second kappa shape index (κ2) is 6.69. The number of aromatic nitrogens is 2. The van der Waals surface area contributed by atoms with Crippen molar-refractivity contribution in [2.24, 2.45) is 0 Å². The van der Waals surface area contributed by atoms with E-state index in [1.54, 1.807) is 11.0 Å². The lowest BCUT2D eigenvalue weighted by molar-refractivity contribution is -0.0162. The first kappa shape index (κ1) is 16.6. The van der Waals surface area contributed by atoms with Crippen LogP contribution in [-0.2, 0) is 6.42 Å². The first-order chi connectivity index (χ1) is 11.5. The molecule has 1 fully saturated rings. The number of amides is 1. The SMILES string of the molecule is Cc1cccc(CC2(O)CCN(C(=O)c3cnnc(C)c3)CC2)c1. The van der Waals surface area contributed by atoms with Gasteiger partial charge in [-0.2, -0.15) is 10.2 Å². The number of hydrogen-bond acceptors (Lipinski definition) is 4. The predicted octanol–water partition coefficient (Wildman–Crippen LogP) is 2.30. The molecule has 1 aliphatic rings. The molecule has 1 aromatic carbocycles. The van der Waals surface area contributed by atoms with E-state index in [9.17, 15) is 9.90 Å². The Morgan fingerprint density at radius 3 is 2.67 bits per heavy atom. The molecular weight excluding hydrogens is 302 g/mol. The van der Waals surface area contributed by atoms with Gasteiger partial charge in [-0.15, -0.1) is 0 Å². The van der Waals surface area contributed by atoms with Crippen molar-refractivity contribution in [1.29, 1.82) is 0 Å². The molecule has 126 valence electrons. The maximum absolute atomic E-state index is 12.5. The number of nitrogens with zero attached hydrogens (tertiary/aromatic N) is 3. The quantitative estimate of drug-likeness (QED) is 0.940. The Morgan fingerprint density at radius 1 is 1.25 bits per heavy atom. The van der Waals surface area contributed by atoms with E-state index in [0.717, 1.165) is 11.3 Å². The first-order valence-electron chi connectivity index (χ1n) is 8.32. The fourth-order valence-electron chi connectivity index (χ4n) is 3.28. The van der Waals surface area contributed by atoms with Crippen molar-refractivity contribution in [3.63, 3.8) is 0 Å². The van der Waals surface area contributed by atoms with E-state index in [1.807, 2.05) is 19.1 Å². The summed E-state index contributed by atoms with van der Waals surface area (Å²) < 4.78 is 0. The standard InChI is InChI=1S/C19H23N3O2/c1-14-4-3-5-16(10-14)12-19(24)6-8-22(9-7-19)18(23)17-11-15(2)21-20-13-17/h3-5,10-11,13,24H,6-9,12H2,1-2H3. The van der Waals surface area contributed by atoms with Crippen LogP contribution >= 0.6 is 0 Å². The Bertz CT molecular complexity index is 737. The molecule has 1 aliphatic heterocycles. The van der Waals surface area contributed by atoms with E-state index < -0.39 is 5.60 Å². The van der Waals surface area contributed by atoms with Crippen LogP contribution in [0.3, 0.4) is 0 Å². The van der Waals surface area contributed by atoms with Crippen LogP contribution in [0.1, 0.15) is 40.0 Å². The highest BCUT2D eigenvalue weighted by Gasteiger charge is 2.34. The molecule has 0 radical (unpaired) electrons. The average Bonchev–Trinajstić information content (AvgIpc) is 2.54. The monoisotopic (exact) mass is 325 g/mol. The van der Waals surface area contributed by atoms with Gasteiger partial charge in [0.1, 0.15) is 0 Å². The van der Waals surface area contributed by atoms with E-state index in [0.29, 0.717) is 37.9 Å². The van der Waals surface area contributed by atoms with Crippen molar-refractivity contribution in [2.45, 2.75) is 38.7 Å². The molecule has 1 aromatic heterocycles. The highest BCUT2D eigenvalue weighted by molar-refractivity contribution is 5.94. The third-order valence-electron chi connectivity index (χ3n) is 4.62. The van der Waals surface area contributed by atoms with Crippen LogP contribution in [0.4, 0.5) is 0 Å². The van der Waals surface area contributed by atoms with Crippen LogP contribution in [0.2, 0.25) is 0 Å². The van der Waals surface area contributed by atoms with Crippen LogP contribution < -0.4 is 0 Å². The summed E-state index contributed by atoms with van der Waals surface area (Å²) in [5.41, 5.74) is 2.90. The lowest BCUT2D eigenvalue weighted by Gasteiger charge is -2.38. The lowest BCUT2D eigenvalue weighted by Crippen LogP contribution is -2.47. The number of aliphatic hydroxyl groups is 1. The summed E-state index contributed by atoms with van der Waals surface area (Å²) >= 11 is 0. The third kappa shape index (κ3) is 3.79. The molecule has 0 atom stereocenters. The number of likely N-dealkylation sites (tertiary alicyclic amines) is 1. The molecule has 2 aromatic rings. The van der Waals surface area contributed by atoms with Gasteiger partial charge < -0.3 is 10.0 Å². The minimum absolute atomic E-state index is 0.0365. The van der Waals surface area contributed by atoms with Crippen LogP contribution in [0.5, 0.6) is 0 Å². The van der Waals surface area contributed by atoms with Crippen molar-refractivity contribution in [3.05, 3.63) is 58.9 Å². The summed E-state index contributed by atoms with van der Waals surface area (Å²) in [6.45, 7) is 4.99. The normalized spacial score (nSPS) is 16.9. The third-order valence-corrected chi connectivity index (χ3v) is 4.62. The summed E-state index contributed by atoms with van der Waals surface area (Å²) in [6.07, 6.45) is 3.31. The largest absolute Gasteiger partial charge is 0.389 e. The molecule has 0 saturated carbocycles. The molecular formula is C19H23N3O2. The van der Waals surface area contributed by atoms with Gasteiger partial charge in [-0.05, 0) is 38.3 Å². The van der Waals surface area contributed by atoms with Gasteiger partial charge in [0.05, 0.1) is 23.1 Å². The van der Waals surface area contributed by atoms with Crippen molar-refractivity contribution < 1.29 is 9.90 Å². The Morgan fingerprint density at radius 2 is 2.00 bits per heavy atom. The molecule has 0 aliphatic carbocycles. The number of aryl methyl sites for hydroxylation is 2. The van der Waals surface area contributed by atoms with Crippen molar-refractivity contribution in [3.8, 4) is 0 Å². The zero-order valence-electron chi connectivity index (χ0n) is 14.2. The van der Waals surface area contributed by atoms with Gasteiger partial charge in [-0.3, -0.25) is 4.79 Å². The summed E-state index contributed by atoms with van der Waals surface area (Å²) in [5, 5.41) is 18.6. The smallest absolute Gasteiger partial charge is 0.255 e. The van der Waals surface area contributed by atoms with Gasteiger partial charge in [0.15, 0.2) is 0 Å². The van der Waals surface area contributed by atoms with Gasteiger partial charge in [0, 0.05) is 19.5 Å². The highest BCUT2D eigenvalue weighted by Crippen LogP contribution is 2.27. The predicted molar refractivity (Wildman–Crippen MR) is 91.7 cm³/mol. The second-order valence-electron chi connectivity index (χ2n) is 6.77. The molecule has 0 spiro atoms. The van der Waals surface area contributed by atoms with Gasteiger partial charge in [0.2, 0.25) is 0 Å². The zero-order valence-corrected chi connectivity index (χ0v) is 14.2. The number of piperidine rings is 1. The summed E-state index contributed by atoms with van der Waals surface area (Å²) in [4.78, 5) is 14.3. The van der Waals surface area contributed by atoms with Gasteiger partial charge in [-0.1, -0.05) is 29.8 Å². The highest BCUT2D eigenvalue weighted by atomic mass is 16.3. The summed E-state index contributed by atoms with van der Waals surface area (Å²) in [7, 11) is 0. The zero-order chi connectivity index (χ0) is 17.2. The van der Waals surface area contributed by atoms with Gasteiger partial charge >= 0.3 is 0 Å². The fourth-order valence-corrected chi connectivity index (χ4v) is 3.28. The minimum atomic E-state index is -0.739. The van der Waals surface area contributed by atoms with Crippen molar-refractivity contribution >= 4 is 5.91 Å². The number of carbonyl (C=O) groups is 1. The number of benzene rings is 1. The number of carbonyl (C=O) groups excluding carboxylic acids is 1. The molecule has 3 rings (SSSR count). The van der Waals surface area contributed by atoms with E-state index in [1.165, 1.54) is 11.8 Å². The van der Waals surface area contributed by atoms with Crippen LogP contribution in [0.15, 0.2) is 36.5 Å². The summed E-state index contributed by atoms with van der Waals surface area (Å²) in [6, 6.07) is 9.99. The Kier molecular flexibility index (Phi) is 4.62. The Balaban J connectivity index is 1.63. The molecule has 0 bridgehead atoms. The van der Waals surface area contributed by atoms with E-state index in [2.05, 4.69) is 29.3 Å². The van der Waals surface area contributed by atoms with Crippen molar-refractivity contribution in [2.75, 3.05) is 13.1 Å². The molecule has 5 nitrogen and oxygen atoms in total. The average molecular weight is 325 g/mol. The molecule has 5 heteroatoms. The molecule has 24 heavy (non-hydrogen) atoms. The van der Waals surface area contributed by atoms with Crippen molar-refractivity contribution in [1.82, 2.24) is 15.1 Å². The van der Waals surface area contributed by atoms with E-state index >= 15 is 0 Å². The van der Waals surface area contributed by atoms with E-state index in [-0.39, 0.29) is 5.91 Å². The van der Waals surface area contributed by atoms with Crippen LogP contribution in [0, 0.1) is 13.8 Å². The van der Waals surface area contributed by atoms with Crippen LogP contribution in [0.25, 0.3) is 0 Å².